The number of rotatable bonds is 3. The van der Waals surface area contributed by atoms with Crippen molar-refractivity contribution in [2.45, 2.75) is 23.5 Å². The highest BCUT2D eigenvalue weighted by Crippen LogP contribution is 2.38. The summed E-state index contributed by atoms with van der Waals surface area (Å²) < 4.78 is 38.8. The molecule has 1 aromatic carbocycles. The molecule has 3 nitrogen and oxygen atoms in total. The number of thioether (sulfide) groups is 1. The summed E-state index contributed by atoms with van der Waals surface area (Å²) in [4.78, 5) is 0. The summed E-state index contributed by atoms with van der Waals surface area (Å²) in [5.74, 6) is -1.01. The van der Waals surface area contributed by atoms with Crippen molar-refractivity contribution < 1.29 is 13.2 Å². The van der Waals surface area contributed by atoms with Gasteiger partial charge in [-0.2, -0.15) is 13.2 Å². The van der Waals surface area contributed by atoms with Crippen LogP contribution >= 0.6 is 23.4 Å². The molecule has 0 bridgehead atoms. The molecule has 20 heavy (non-hydrogen) atoms. The maximum Gasteiger partial charge on any atom is 0.451 e. The molecule has 0 saturated carbocycles. The normalized spacial score (nSPS) is 13.5. The van der Waals surface area contributed by atoms with Crippen molar-refractivity contribution in [3.05, 3.63) is 40.7 Å². The first kappa shape index (κ1) is 15.2. The summed E-state index contributed by atoms with van der Waals surface area (Å²) >= 11 is 7.25. The summed E-state index contributed by atoms with van der Waals surface area (Å²) in [6.07, 6.45) is -4.51. The molecule has 1 atom stereocenters. The Hall–Kier alpha value is -1.21. The van der Waals surface area contributed by atoms with Crippen LogP contribution in [0.25, 0.3) is 0 Å². The number of alkyl halides is 3. The lowest BCUT2D eigenvalue weighted by Gasteiger charge is -2.13. The number of benzene rings is 1. The summed E-state index contributed by atoms with van der Waals surface area (Å²) in [5, 5.41) is 7.42. The van der Waals surface area contributed by atoms with Crippen LogP contribution in [0.15, 0.2) is 29.4 Å². The van der Waals surface area contributed by atoms with E-state index < -0.39 is 12.0 Å². The third-order valence-corrected chi connectivity index (χ3v) is 4.23. The van der Waals surface area contributed by atoms with Crippen LogP contribution in [0.3, 0.4) is 0 Å². The largest absolute Gasteiger partial charge is 0.451 e. The van der Waals surface area contributed by atoms with Crippen LogP contribution in [0, 0.1) is 0 Å². The molecule has 108 valence electrons. The van der Waals surface area contributed by atoms with E-state index in [-0.39, 0.29) is 10.4 Å². The van der Waals surface area contributed by atoms with Gasteiger partial charge in [-0.05, 0) is 18.6 Å². The summed E-state index contributed by atoms with van der Waals surface area (Å²) in [7, 11) is 1.30. The van der Waals surface area contributed by atoms with E-state index in [0.717, 1.165) is 10.1 Å². The SMILES string of the molecule is C[C@@H](Sc1nnc(C(F)(F)F)n1C)c1ccccc1Cl. The molecule has 1 aromatic heterocycles. The Morgan fingerprint density at radius 1 is 1.25 bits per heavy atom. The van der Waals surface area contributed by atoms with E-state index in [1.54, 1.807) is 12.1 Å². The Bertz CT molecular complexity index is 612. The smallest absolute Gasteiger partial charge is 0.302 e. The van der Waals surface area contributed by atoms with Crippen LogP contribution in [0.1, 0.15) is 23.6 Å². The first-order valence-corrected chi connectivity index (χ1v) is 6.94. The molecule has 0 aliphatic heterocycles. The fourth-order valence-corrected chi connectivity index (χ4v) is 3.04. The Kier molecular flexibility index (Phi) is 4.29. The van der Waals surface area contributed by atoms with E-state index in [1.165, 1.54) is 18.8 Å². The minimum atomic E-state index is -4.51. The molecule has 0 unspecified atom stereocenters. The van der Waals surface area contributed by atoms with Gasteiger partial charge in [-0.25, -0.2) is 0 Å². The predicted molar refractivity (Wildman–Crippen MR) is 71.7 cm³/mol. The molecule has 2 aromatic rings. The van der Waals surface area contributed by atoms with Crippen LogP contribution in [0.5, 0.6) is 0 Å². The Morgan fingerprint density at radius 3 is 2.45 bits per heavy atom. The number of hydrogen-bond acceptors (Lipinski definition) is 3. The number of halogens is 4. The second-order valence-corrected chi connectivity index (χ2v) is 5.86. The van der Waals surface area contributed by atoms with Crippen molar-refractivity contribution in [2.24, 2.45) is 7.05 Å². The van der Waals surface area contributed by atoms with Gasteiger partial charge in [-0.1, -0.05) is 41.6 Å². The van der Waals surface area contributed by atoms with Gasteiger partial charge in [0.15, 0.2) is 5.16 Å². The highest BCUT2D eigenvalue weighted by atomic mass is 35.5. The van der Waals surface area contributed by atoms with E-state index in [0.29, 0.717) is 5.02 Å². The summed E-state index contributed by atoms with van der Waals surface area (Å²) in [6.45, 7) is 1.85. The minimum Gasteiger partial charge on any atom is -0.302 e. The number of hydrogen-bond donors (Lipinski definition) is 0. The Labute approximate surface area is 123 Å². The van der Waals surface area contributed by atoms with E-state index in [4.69, 9.17) is 11.6 Å². The van der Waals surface area contributed by atoms with Gasteiger partial charge in [0.2, 0.25) is 5.82 Å². The molecule has 2 rings (SSSR count). The van der Waals surface area contributed by atoms with E-state index >= 15 is 0 Å². The van der Waals surface area contributed by atoms with Crippen molar-refractivity contribution in [1.29, 1.82) is 0 Å². The van der Waals surface area contributed by atoms with Crippen LogP contribution in [0.4, 0.5) is 13.2 Å². The van der Waals surface area contributed by atoms with Crippen molar-refractivity contribution in [3.8, 4) is 0 Å². The Morgan fingerprint density at radius 2 is 1.90 bits per heavy atom. The third kappa shape index (κ3) is 3.09. The molecule has 0 fully saturated rings. The molecule has 0 radical (unpaired) electrons. The quantitative estimate of drug-likeness (QED) is 0.788. The first-order valence-electron chi connectivity index (χ1n) is 5.68. The van der Waals surface area contributed by atoms with Crippen molar-refractivity contribution in [3.63, 3.8) is 0 Å². The molecule has 1 heterocycles. The highest BCUT2D eigenvalue weighted by molar-refractivity contribution is 7.99. The van der Waals surface area contributed by atoms with Gasteiger partial charge in [0.25, 0.3) is 0 Å². The Balaban J connectivity index is 2.23. The fourth-order valence-electron chi connectivity index (χ4n) is 1.69. The van der Waals surface area contributed by atoms with Crippen LogP contribution in [-0.2, 0) is 13.2 Å². The molecule has 8 heteroatoms. The van der Waals surface area contributed by atoms with Crippen LogP contribution in [0.2, 0.25) is 5.02 Å². The average Bonchev–Trinajstić information content (AvgIpc) is 2.71. The zero-order chi connectivity index (χ0) is 14.9. The van der Waals surface area contributed by atoms with Crippen molar-refractivity contribution in [1.82, 2.24) is 14.8 Å². The van der Waals surface area contributed by atoms with E-state index in [9.17, 15) is 13.2 Å². The van der Waals surface area contributed by atoms with E-state index in [2.05, 4.69) is 10.2 Å². The molecular formula is C12H11ClF3N3S. The standard InChI is InChI=1S/C12H11ClF3N3S/c1-7(8-5-3-4-6-9(8)13)20-11-18-17-10(19(11)2)12(14,15)16/h3-7H,1-2H3/t7-/m1/s1. The first-order chi connectivity index (χ1) is 9.30. The second-order valence-electron chi connectivity index (χ2n) is 4.14. The summed E-state index contributed by atoms with van der Waals surface area (Å²) in [5.41, 5.74) is 0.843. The molecule has 0 aliphatic carbocycles. The molecule has 0 saturated heterocycles. The zero-order valence-electron chi connectivity index (χ0n) is 10.6. The predicted octanol–water partition coefficient (Wildman–Crippen LogP) is 4.34. The maximum atomic E-state index is 12.6. The van der Waals surface area contributed by atoms with E-state index in [1.807, 2.05) is 19.1 Å². The van der Waals surface area contributed by atoms with Crippen LogP contribution in [-0.4, -0.2) is 14.8 Å². The monoisotopic (exact) mass is 321 g/mol. The van der Waals surface area contributed by atoms with Gasteiger partial charge in [0.1, 0.15) is 0 Å². The van der Waals surface area contributed by atoms with Crippen molar-refractivity contribution in [2.75, 3.05) is 0 Å². The molecular weight excluding hydrogens is 311 g/mol. The summed E-state index contributed by atoms with van der Waals surface area (Å²) in [6, 6.07) is 7.20. The average molecular weight is 322 g/mol. The lowest BCUT2D eigenvalue weighted by molar-refractivity contribution is -0.147. The second kappa shape index (κ2) is 5.65. The number of aromatic nitrogens is 3. The van der Waals surface area contributed by atoms with Gasteiger partial charge in [-0.15, -0.1) is 10.2 Å². The van der Waals surface area contributed by atoms with Gasteiger partial charge in [-0.3, -0.25) is 0 Å². The van der Waals surface area contributed by atoms with Gasteiger partial charge in [0, 0.05) is 17.3 Å². The van der Waals surface area contributed by atoms with Crippen LogP contribution < -0.4 is 0 Å². The highest BCUT2D eigenvalue weighted by Gasteiger charge is 2.37. The molecule has 0 N–H and O–H groups in total. The van der Waals surface area contributed by atoms with Gasteiger partial charge in [0.05, 0.1) is 0 Å². The zero-order valence-corrected chi connectivity index (χ0v) is 12.2. The van der Waals surface area contributed by atoms with Gasteiger partial charge >= 0.3 is 6.18 Å². The minimum absolute atomic E-state index is 0.132. The fraction of sp³-hybridized carbons (Fsp3) is 0.333. The molecule has 0 spiro atoms. The molecule has 0 amide bonds. The topological polar surface area (TPSA) is 30.7 Å². The van der Waals surface area contributed by atoms with Crippen molar-refractivity contribution >= 4 is 23.4 Å². The van der Waals surface area contributed by atoms with Gasteiger partial charge < -0.3 is 4.57 Å². The molecule has 0 aliphatic rings. The third-order valence-electron chi connectivity index (χ3n) is 2.71. The lowest BCUT2D eigenvalue weighted by Crippen LogP contribution is -2.13. The maximum absolute atomic E-state index is 12.6. The number of nitrogens with zero attached hydrogens (tertiary/aromatic N) is 3. The lowest BCUT2D eigenvalue weighted by atomic mass is 10.2.